The lowest BCUT2D eigenvalue weighted by Crippen LogP contribution is -2.44. The second-order valence-electron chi connectivity index (χ2n) is 5.86. The van der Waals surface area contributed by atoms with Crippen molar-refractivity contribution in [3.63, 3.8) is 0 Å². The zero-order valence-corrected chi connectivity index (χ0v) is 13.3. The highest BCUT2D eigenvalue weighted by atomic mass is 15.2. The molecule has 0 atom stereocenters. The average Bonchev–Trinajstić information content (AvgIpc) is 2.46. The summed E-state index contributed by atoms with van der Waals surface area (Å²) in [4.78, 5) is 9.62. The molecule has 0 bridgehead atoms. The van der Waals surface area contributed by atoms with E-state index < -0.39 is 0 Å². The van der Waals surface area contributed by atoms with Crippen molar-refractivity contribution in [2.45, 2.75) is 46.2 Å². The van der Waals surface area contributed by atoms with E-state index in [0.717, 1.165) is 18.1 Å². The van der Waals surface area contributed by atoms with Crippen molar-refractivity contribution < 1.29 is 0 Å². The first-order valence-corrected chi connectivity index (χ1v) is 7.69. The third-order valence-corrected chi connectivity index (χ3v) is 4.54. The van der Waals surface area contributed by atoms with Crippen molar-refractivity contribution >= 4 is 5.82 Å². The van der Waals surface area contributed by atoms with E-state index in [0.29, 0.717) is 12.6 Å². The molecule has 0 radical (unpaired) electrons. The number of hydrogen-bond acceptors (Lipinski definition) is 4. The fourth-order valence-electron chi connectivity index (χ4n) is 3.18. The summed E-state index contributed by atoms with van der Waals surface area (Å²) >= 11 is 0. The molecule has 1 aliphatic heterocycles. The summed E-state index contributed by atoms with van der Waals surface area (Å²) in [6.45, 7) is 10.5. The highest BCUT2D eigenvalue weighted by molar-refractivity contribution is 5.51. The largest absolute Gasteiger partial charge is 0.356 e. The van der Waals surface area contributed by atoms with Gasteiger partial charge in [0.25, 0.3) is 0 Å². The van der Waals surface area contributed by atoms with Gasteiger partial charge >= 0.3 is 0 Å². The van der Waals surface area contributed by atoms with Crippen LogP contribution >= 0.6 is 0 Å². The topological polar surface area (TPSA) is 45.4 Å². The van der Waals surface area contributed by atoms with Crippen molar-refractivity contribution in [1.82, 2.24) is 9.88 Å². The maximum absolute atomic E-state index is 5.94. The molecule has 1 saturated heterocycles. The van der Waals surface area contributed by atoms with E-state index in [1.54, 1.807) is 0 Å². The molecule has 4 heteroatoms. The number of piperidine rings is 1. The second kappa shape index (κ2) is 6.55. The van der Waals surface area contributed by atoms with Crippen LogP contribution in [0.25, 0.3) is 0 Å². The molecular weight excluding hydrogens is 248 g/mol. The Morgan fingerprint density at radius 1 is 1.35 bits per heavy atom. The molecule has 0 unspecified atom stereocenters. The highest BCUT2D eigenvalue weighted by Gasteiger charge is 2.24. The summed E-state index contributed by atoms with van der Waals surface area (Å²) in [6, 6.07) is 2.70. The Hall–Kier alpha value is -1.13. The second-order valence-corrected chi connectivity index (χ2v) is 5.86. The van der Waals surface area contributed by atoms with Gasteiger partial charge in [0.05, 0.1) is 0 Å². The first-order valence-electron chi connectivity index (χ1n) is 7.69. The zero-order valence-electron chi connectivity index (χ0n) is 13.3. The van der Waals surface area contributed by atoms with E-state index in [2.05, 4.69) is 43.7 Å². The predicted molar refractivity (Wildman–Crippen MR) is 85.1 cm³/mol. The maximum Gasteiger partial charge on any atom is 0.133 e. The molecule has 0 saturated carbocycles. The number of nitrogens with two attached hydrogens (primary N) is 1. The first kappa shape index (κ1) is 15.3. The quantitative estimate of drug-likeness (QED) is 0.914. The molecule has 2 heterocycles. The van der Waals surface area contributed by atoms with E-state index >= 15 is 0 Å². The molecule has 20 heavy (non-hydrogen) atoms. The van der Waals surface area contributed by atoms with Crippen molar-refractivity contribution in [3.8, 4) is 0 Å². The molecular formula is C16H28N4. The van der Waals surface area contributed by atoms with Gasteiger partial charge in [0, 0.05) is 44.0 Å². The number of nitrogens with zero attached hydrogens (tertiary/aromatic N) is 3. The average molecular weight is 276 g/mol. The Bertz CT molecular complexity index is 450. The standard InChI is InChI=1S/C16H28N4/c1-5-20-8-6-14(7-9-20)19(4)16-15(11-17)12(2)10-13(3)18-16/h10,14H,5-9,11,17H2,1-4H3. The molecule has 0 aliphatic carbocycles. The van der Waals surface area contributed by atoms with E-state index in [9.17, 15) is 0 Å². The molecule has 112 valence electrons. The molecule has 1 aromatic heterocycles. The van der Waals surface area contributed by atoms with Crippen molar-refractivity contribution in [2.75, 3.05) is 31.6 Å². The van der Waals surface area contributed by atoms with Crippen molar-refractivity contribution in [3.05, 3.63) is 22.9 Å². The van der Waals surface area contributed by atoms with Gasteiger partial charge in [-0.1, -0.05) is 6.92 Å². The van der Waals surface area contributed by atoms with Gasteiger partial charge in [-0.15, -0.1) is 0 Å². The lowest BCUT2D eigenvalue weighted by Gasteiger charge is -2.37. The van der Waals surface area contributed by atoms with Crippen molar-refractivity contribution in [1.29, 1.82) is 0 Å². The van der Waals surface area contributed by atoms with Gasteiger partial charge in [-0.25, -0.2) is 4.98 Å². The van der Waals surface area contributed by atoms with Gasteiger partial charge in [-0.05, 0) is 44.9 Å². The van der Waals surface area contributed by atoms with Gasteiger partial charge in [-0.3, -0.25) is 0 Å². The van der Waals surface area contributed by atoms with Crippen LogP contribution in [0.15, 0.2) is 6.07 Å². The Morgan fingerprint density at radius 2 is 2.00 bits per heavy atom. The van der Waals surface area contributed by atoms with Gasteiger partial charge in [0.2, 0.25) is 0 Å². The summed E-state index contributed by atoms with van der Waals surface area (Å²) in [5.74, 6) is 1.08. The highest BCUT2D eigenvalue weighted by Crippen LogP contribution is 2.26. The Labute approximate surface area is 123 Å². The van der Waals surface area contributed by atoms with Crippen LogP contribution in [0.3, 0.4) is 0 Å². The summed E-state index contributed by atoms with van der Waals surface area (Å²) in [5.41, 5.74) is 9.46. The lowest BCUT2D eigenvalue weighted by molar-refractivity contribution is 0.220. The van der Waals surface area contributed by atoms with Crippen LogP contribution in [0, 0.1) is 13.8 Å². The molecule has 0 spiro atoms. The number of hydrogen-bond donors (Lipinski definition) is 1. The number of pyridine rings is 1. The monoisotopic (exact) mass is 276 g/mol. The van der Waals surface area contributed by atoms with Crippen LogP contribution in [-0.4, -0.2) is 42.6 Å². The summed E-state index contributed by atoms with van der Waals surface area (Å²) in [7, 11) is 2.17. The van der Waals surface area contributed by atoms with Gasteiger partial charge in [-0.2, -0.15) is 0 Å². The molecule has 1 aromatic rings. The molecule has 2 N–H and O–H groups in total. The zero-order chi connectivity index (χ0) is 14.7. The van der Waals surface area contributed by atoms with Crippen molar-refractivity contribution in [2.24, 2.45) is 5.73 Å². The minimum atomic E-state index is 0.562. The van der Waals surface area contributed by atoms with Gasteiger partial charge in [0.1, 0.15) is 5.82 Å². The van der Waals surface area contributed by atoms with Crippen LogP contribution < -0.4 is 10.6 Å². The van der Waals surface area contributed by atoms with Crippen LogP contribution in [-0.2, 0) is 6.54 Å². The normalized spacial score (nSPS) is 17.4. The maximum atomic E-state index is 5.94. The number of aromatic nitrogens is 1. The molecule has 1 fully saturated rings. The van der Waals surface area contributed by atoms with Crippen LogP contribution in [0.1, 0.15) is 36.6 Å². The Balaban J connectivity index is 2.19. The lowest BCUT2D eigenvalue weighted by atomic mass is 10.0. The van der Waals surface area contributed by atoms with E-state index in [1.807, 2.05) is 0 Å². The fraction of sp³-hybridized carbons (Fsp3) is 0.688. The molecule has 4 nitrogen and oxygen atoms in total. The third-order valence-electron chi connectivity index (χ3n) is 4.54. The predicted octanol–water partition coefficient (Wildman–Crippen LogP) is 2.08. The van der Waals surface area contributed by atoms with E-state index in [-0.39, 0.29) is 0 Å². The summed E-state index contributed by atoms with van der Waals surface area (Å²) < 4.78 is 0. The number of rotatable bonds is 4. The first-order chi connectivity index (χ1) is 9.56. The van der Waals surface area contributed by atoms with Crippen LogP contribution in [0.5, 0.6) is 0 Å². The number of aryl methyl sites for hydroxylation is 2. The molecule has 0 amide bonds. The number of likely N-dealkylation sites (tertiary alicyclic amines) is 1. The number of anilines is 1. The smallest absolute Gasteiger partial charge is 0.133 e. The van der Waals surface area contributed by atoms with Gasteiger partial charge < -0.3 is 15.5 Å². The van der Waals surface area contributed by atoms with Crippen LogP contribution in [0.4, 0.5) is 5.82 Å². The molecule has 0 aromatic carbocycles. The third kappa shape index (κ3) is 3.13. The minimum Gasteiger partial charge on any atom is -0.356 e. The SMILES string of the molecule is CCN1CCC(N(C)c2nc(C)cc(C)c2CN)CC1. The molecule has 2 rings (SSSR count). The van der Waals surface area contributed by atoms with E-state index in [1.165, 1.54) is 37.1 Å². The Kier molecular flexibility index (Phi) is 5.00. The van der Waals surface area contributed by atoms with Crippen LogP contribution in [0.2, 0.25) is 0 Å². The minimum absolute atomic E-state index is 0.562. The fourth-order valence-corrected chi connectivity index (χ4v) is 3.18. The summed E-state index contributed by atoms with van der Waals surface area (Å²) in [5, 5.41) is 0. The molecule has 1 aliphatic rings. The van der Waals surface area contributed by atoms with E-state index in [4.69, 9.17) is 10.7 Å². The summed E-state index contributed by atoms with van der Waals surface area (Å²) in [6.07, 6.45) is 2.42. The Morgan fingerprint density at radius 3 is 2.55 bits per heavy atom. The van der Waals surface area contributed by atoms with Gasteiger partial charge in [0.15, 0.2) is 0 Å².